The molecule has 21 heavy (non-hydrogen) atoms. The molecule has 0 saturated heterocycles. The summed E-state index contributed by atoms with van der Waals surface area (Å²) in [5.41, 5.74) is 11.1. The Kier molecular flexibility index (Phi) is 3.88. The Morgan fingerprint density at radius 2 is 1.95 bits per heavy atom. The summed E-state index contributed by atoms with van der Waals surface area (Å²) in [6.45, 7) is 2.10. The summed E-state index contributed by atoms with van der Waals surface area (Å²) in [4.78, 5) is 4.61. The van der Waals surface area contributed by atoms with E-state index in [0.29, 0.717) is 0 Å². The molecule has 4 heteroatoms. The van der Waals surface area contributed by atoms with Crippen LogP contribution in [0.15, 0.2) is 53.9 Å². The number of nitrogens with two attached hydrogens (primary N) is 1. The fourth-order valence-corrected chi connectivity index (χ4v) is 2.93. The smallest absolute Gasteiger partial charge is 0.187 e. The molecule has 3 aromatic rings. The molecule has 0 saturated carbocycles. The summed E-state index contributed by atoms with van der Waals surface area (Å²) in [6.07, 6.45) is 0.946. The monoisotopic (exact) mass is 295 g/mol. The molecular formula is C17H17N3S. The van der Waals surface area contributed by atoms with Crippen LogP contribution in [0.25, 0.3) is 11.3 Å². The standard InChI is InChI=1S/C17H17N3S/c1-2-12-8-9-14(10-15(12)18)19-17-20-16(11-21-17)13-6-4-3-5-7-13/h3-11H,2,18H2,1H3,(H,19,20). The Bertz CT molecular complexity index is 735. The first-order chi connectivity index (χ1) is 10.3. The highest BCUT2D eigenvalue weighted by molar-refractivity contribution is 7.14. The van der Waals surface area contributed by atoms with Gasteiger partial charge in [-0.1, -0.05) is 43.3 Å². The van der Waals surface area contributed by atoms with E-state index in [1.807, 2.05) is 30.3 Å². The van der Waals surface area contributed by atoms with Gasteiger partial charge < -0.3 is 11.1 Å². The van der Waals surface area contributed by atoms with Gasteiger partial charge in [-0.15, -0.1) is 11.3 Å². The molecule has 1 aromatic heterocycles. The molecule has 0 atom stereocenters. The van der Waals surface area contributed by atoms with E-state index in [-0.39, 0.29) is 0 Å². The summed E-state index contributed by atoms with van der Waals surface area (Å²) in [7, 11) is 0. The van der Waals surface area contributed by atoms with Gasteiger partial charge in [0.05, 0.1) is 5.69 Å². The molecule has 0 fully saturated rings. The van der Waals surface area contributed by atoms with Crippen molar-refractivity contribution in [3.8, 4) is 11.3 Å². The molecule has 0 aliphatic carbocycles. The molecule has 2 aromatic carbocycles. The van der Waals surface area contributed by atoms with Gasteiger partial charge >= 0.3 is 0 Å². The number of aryl methyl sites for hydroxylation is 1. The van der Waals surface area contributed by atoms with Crippen molar-refractivity contribution in [3.63, 3.8) is 0 Å². The van der Waals surface area contributed by atoms with Crippen LogP contribution in [0.3, 0.4) is 0 Å². The van der Waals surface area contributed by atoms with Crippen molar-refractivity contribution in [2.24, 2.45) is 0 Å². The van der Waals surface area contributed by atoms with Crippen LogP contribution < -0.4 is 11.1 Å². The Balaban J connectivity index is 1.80. The minimum Gasteiger partial charge on any atom is -0.398 e. The molecule has 0 radical (unpaired) electrons. The van der Waals surface area contributed by atoms with E-state index >= 15 is 0 Å². The summed E-state index contributed by atoms with van der Waals surface area (Å²) in [6, 6.07) is 16.2. The summed E-state index contributed by atoms with van der Waals surface area (Å²) < 4.78 is 0. The first-order valence-electron chi connectivity index (χ1n) is 6.92. The molecule has 0 bridgehead atoms. The molecule has 0 aliphatic rings. The lowest BCUT2D eigenvalue weighted by atomic mass is 10.1. The van der Waals surface area contributed by atoms with Gasteiger partial charge in [-0.05, 0) is 24.1 Å². The molecule has 3 rings (SSSR count). The highest BCUT2D eigenvalue weighted by atomic mass is 32.1. The van der Waals surface area contributed by atoms with Crippen molar-refractivity contribution < 1.29 is 0 Å². The third-order valence-corrected chi connectivity index (χ3v) is 4.11. The molecule has 0 amide bonds. The summed E-state index contributed by atoms with van der Waals surface area (Å²) in [5, 5.41) is 6.24. The van der Waals surface area contributed by atoms with Crippen LogP contribution in [-0.2, 0) is 6.42 Å². The fourth-order valence-electron chi connectivity index (χ4n) is 2.19. The van der Waals surface area contributed by atoms with E-state index in [1.165, 1.54) is 5.56 Å². The number of benzene rings is 2. The number of anilines is 3. The predicted molar refractivity (Wildman–Crippen MR) is 91.1 cm³/mol. The van der Waals surface area contributed by atoms with Gasteiger partial charge in [0.2, 0.25) is 0 Å². The molecule has 106 valence electrons. The molecule has 0 unspecified atom stereocenters. The first-order valence-corrected chi connectivity index (χ1v) is 7.80. The van der Waals surface area contributed by atoms with Gasteiger partial charge in [-0.25, -0.2) is 4.98 Å². The number of rotatable bonds is 4. The fraction of sp³-hybridized carbons (Fsp3) is 0.118. The molecule has 0 spiro atoms. The topological polar surface area (TPSA) is 50.9 Å². The van der Waals surface area contributed by atoms with Gasteiger partial charge in [0.25, 0.3) is 0 Å². The van der Waals surface area contributed by atoms with Crippen LogP contribution >= 0.6 is 11.3 Å². The van der Waals surface area contributed by atoms with E-state index < -0.39 is 0 Å². The van der Waals surface area contributed by atoms with Crippen LogP contribution in [0.1, 0.15) is 12.5 Å². The second-order valence-corrected chi connectivity index (χ2v) is 5.65. The molecule has 0 aliphatic heterocycles. The lowest BCUT2D eigenvalue weighted by molar-refractivity contribution is 1.14. The highest BCUT2D eigenvalue weighted by Crippen LogP contribution is 2.28. The van der Waals surface area contributed by atoms with Crippen molar-refractivity contribution in [2.75, 3.05) is 11.1 Å². The van der Waals surface area contributed by atoms with Crippen molar-refractivity contribution in [3.05, 3.63) is 59.5 Å². The first kappa shape index (κ1) is 13.6. The van der Waals surface area contributed by atoms with Crippen LogP contribution in [0.2, 0.25) is 0 Å². The van der Waals surface area contributed by atoms with E-state index in [9.17, 15) is 0 Å². The second-order valence-electron chi connectivity index (χ2n) is 4.80. The van der Waals surface area contributed by atoms with Gasteiger partial charge in [-0.3, -0.25) is 0 Å². The minimum absolute atomic E-state index is 0.822. The Labute approximate surface area is 128 Å². The predicted octanol–water partition coefficient (Wildman–Crippen LogP) is 4.70. The maximum Gasteiger partial charge on any atom is 0.187 e. The zero-order chi connectivity index (χ0) is 14.7. The van der Waals surface area contributed by atoms with E-state index in [2.05, 4.69) is 40.8 Å². The van der Waals surface area contributed by atoms with Crippen molar-refractivity contribution in [2.45, 2.75) is 13.3 Å². The Morgan fingerprint density at radius 1 is 1.14 bits per heavy atom. The Hall–Kier alpha value is -2.33. The average Bonchev–Trinajstić information content (AvgIpc) is 2.97. The third-order valence-electron chi connectivity index (χ3n) is 3.35. The van der Waals surface area contributed by atoms with Gasteiger partial charge in [0, 0.05) is 22.3 Å². The van der Waals surface area contributed by atoms with E-state index in [0.717, 1.165) is 34.2 Å². The molecule has 3 nitrogen and oxygen atoms in total. The highest BCUT2D eigenvalue weighted by Gasteiger charge is 2.05. The molecule has 3 N–H and O–H groups in total. The van der Waals surface area contributed by atoms with Crippen molar-refractivity contribution >= 4 is 27.8 Å². The van der Waals surface area contributed by atoms with Crippen LogP contribution in [0.4, 0.5) is 16.5 Å². The van der Waals surface area contributed by atoms with Crippen LogP contribution in [0, 0.1) is 0 Å². The second kappa shape index (κ2) is 5.97. The maximum absolute atomic E-state index is 6.02. The van der Waals surface area contributed by atoms with E-state index in [1.54, 1.807) is 11.3 Å². The normalized spacial score (nSPS) is 10.5. The van der Waals surface area contributed by atoms with Crippen molar-refractivity contribution in [1.82, 2.24) is 4.98 Å². The number of thiazole rings is 1. The third kappa shape index (κ3) is 3.06. The molecular weight excluding hydrogens is 278 g/mol. The van der Waals surface area contributed by atoms with Gasteiger partial charge in [0.15, 0.2) is 5.13 Å². The summed E-state index contributed by atoms with van der Waals surface area (Å²) >= 11 is 1.59. The number of nitrogens with one attached hydrogen (secondary N) is 1. The van der Waals surface area contributed by atoms with Gasteiger partial charge in [0.1, 0.15) is 0 Å². The number of hydrogen-bond acceptors (Lipinski definition) is 4. The zero-order valence-corrected chi connectivity index (χ0v) is 12.7. The summed E-state index contributed by atoms with van der Waals surface area (Å²) in [5.74, 6) is 0. The lowest BCUT2D eigenvalue weighted by Gasteiger charge is -2.07. The minimum atomic E-state index is 0.822. The zero-order valence-electron chi connectivity index (χ0n) is 11.8. The number of hydrogen-bond donors (Lipinski definition) is 2. The number of nitrogens with zero attached hydrogens (tertiary/aromatic N) is 1. The lowest BCUT2D eigenvalue weighted by Crippen LogP contribution is -1.96. The van der Waals surface area contributed by atoms with E-state index in [4.69, 9.17) is 5.73 Å². The maximum atomic E-state index is 6.02. The Morgan fingerprint density at radius 3 is 2.67 bits per heavy atom. The van der Waals surface area contributed by atoms with Crippen LogP contribution in [0.5, 0.6) is 0 Å². The quantitative estimate of drug-likeness (QED) is 0.686. The number of aromatic nitrogens is 1. The van der Waals surface area contributed by atoms with Crippen molar-refractivity contribution in [1.29, 1.82) is 0 Å². The largest absolute Gasteiger partial charge is 0.398 e. The van der Waals surface area contributed by atoms with Crippen LogP contribution in [-0.4, -0.2) is 4.98 Å². The SMILES string of the molecule is CCc1ccc(Nc2nc(-c3ccccc3)cs2)cc1N. The average molecular weight is 295 g/mol. The van der Waals surface area contributed by atoms with Gasteiger partial charge in [-0.2, -0.15) is 0 Å². The number of nitrogen functional groups attached to an aromatic ring is 1. The molecule has 1 heterocycles.